The maximum absolute atomic E-state index is 13.3. The van der Waals surface area contributed by atoms with Crippen LogP contribution >= 0.6 is 0 Å². The number of rotatable bonds is 4. The Balaban J connectivity index is 2.76. The lowest BCUT2D eigenvalue weighted by molar-refractivity contribution is 0.0901. The molecule has 4 nitrogen and oxygen atoms in total. The molecule has 0 radical (unpaired) electrons. The average Bonchev–Trinajstić information content (AvgIpc) is 2.21. The molecule has 1 unspecified atom stereocenters. The minimum Gasteiger partial charge on any atom is -0.399 e. The predicted octanol–water partition coefficient (Wildman–Crippen LogP) is 1.17. The highest BCUT2D eigenvalue weighted by atomic mass is 19.1. The summed E-state index contributed by atoms with van der Waals surface area (Å²) in [6, 6.07) is 3.71. The van der Waals surface area contributed by atoms with Crippen LogP contribution in [0.2, 0.25) is 0 Å². The topological polar surface area (TPSA) is 64.3 Å². The smallest absolute Gasteiger partial charge is 0.254 e. The molecule has 0 aliphatic rings. The van der Waals surface area contributed by atoms with Crippen LogP contribution in [0.25, 0.3) is 0 Å². The van der Waals surface area contributed by atoms with Gasteiger partial charge in [0.05, 0.1) is 12.2 Å². The molecule has 1 aromatic carbocycles. The van der Waals surface area contributed by atoms with E-state index >= 15 is 0 Å². The molecule has 0 bridgehead atoms. The SMILES string of the molecule is COCC(C)NC(=O)c1cc(N)ccc1F. The number of anilines is 1. The second-order valence-electron chi connectivity index (χ2n) is 3.57. The standard InChI is InChI=1S/C11H15FN2O2/c1-7(6-16-2)14-11(15)9-5-8(13)3-4-10(9)12/h3-5,7H,6,13H2,1-2H3,(H,14,15). The fourth-order valence-electron chi connectivity index (χ4n) is 1.31. The number of hydrogen-bond acceptors (Lipinski definition) is 3. The number of nitrogen functional groups attached to an aromatic ring is 1. The van der Waals surface area contributed by atoms with Crippen molar-refractivity contribution in [3.8, 4) is 0 Å². The number of methoxy groups -OCH3 is 1. The van der Waals surface area contributed by atoms with Crippen molar-refractivity contribution in [2.24, 2.45) is 0 Å². The molecule has 0 saturated heterocycles. The molecular weight excluding hydrogens is 211 g/mol. The van der Waals surface area contributed by atoms with E-state index in [1.807, 2.05) is 0 Å². The molecule has 1 atom stereocenters. The summed E-state index contributed by atoms with van der Waals surface area (Å²) in [6.07, 6.45) is 0. The lowest BCUT2D eigenvalue weighted by atomic mass is 10.1. The van der Waals surface area contributed by atoms with E-state index in [9.17, 15) is 9.18 Å². The van der Waals surface area contributed by atoms with Crippen LogP contribution in [-0.2, 0) is 4.74 Å². The predicted molar refractivity (Wildman–Crippen MR) is 59.6 cm³/mol. The van der Waals surface area contributed by atoms with Crippen molar-refractivity contribution in [1.82, 2.24) is 5.32 Å². The van der Waals surface area contributed by atoms with E-state index in [4.69, 9.17) is 10.5 Å². The van der Waals surface area contributed by atoms with Crippen molar-refractivity contribution in [2.75, 3.05) is 19.5 Å². The van der Waals surface area contributed by atoms with E-state index < -0.39 is 11.7 Å². The number of ether oxygens (including phenoxy) is 1. The van der Waals surface area contributed by atoms with Gasteiger partial charge in [0.25, 0.3) is 5.91 Å². The quantitative estimate of drug-likeness (QED) is 0.757. The normalized spacial score (nSPS) is 12.2. The molecule has 0 spiro atoms. The summed E-state index contributed by atoms with van der Waals surface area (Å²) in [7, 11) is 1.53. The van der Waals surface area contributed by atoms with Crippen molar-refractivity contribution in [2.45, 2.75) is 13.0 Å². The van der Waals surface area contributed by atoms with Gasteiger partial charge in [0, 0.05) is 18.8 Å². The average molecular weight is 226 g/mol. The molecule has 0 aromatic heterocycles. The number of amides is 1. The third-order valence-corrected chi connectivity index (χ3v) is 2.03. The van der Waals surface area contributed by atoms with Crippen molar-refractivity contribution >= 4 is 11.6 Å². The summed E-state index contributed by atoms with van der Waals surface area (Å²) in [4.78, 5) is 11.6. The summed E-state index contributed by atoms with van der Waals surface area (Å²) < 4.78 is 18.2. The molecule has 88 valence electrons. The molecule has 3 N–H and O–H groups in total. The van der Waals surface area contributed by atoms with Gasteiger partial charge in [0.15, 0.2) is 0 Å². The van der Waals surface area contributed by atoms with Gasteiger partial charge in [-0.05, 0) is 25.1 Å². The zero-order valence-corrected chi connectivity index (χ0v) is 9.29. The molecule has 0 aliphatic heterocycles. The minimum absolute atomic E-state index is 0.0528. The van der Waals surface area contributed by atoms with Gasteiger partial charge in [-0.2, -0.15) is 0 Å². The van der Waals surface area contributed by atoms with Crippen molar-refractivity contribution in [3.63, 3.8) is 0 Å². The van der Waals surface area contributed by atoms with Gasteiger partial charge in [0.2, 0.25) is 0 Å². The van der Waals surface area contributed by atoms with E-state index in [1.165, 1.54) is 25.3 Å². The minimum atomic E-state index is -0.587. The zero-order chi connectivity index (χ0) is 12.1. The Bertz CT molecular complexity index is 382. The summed E-state index contributed by atoms with van der Waals surface area (Å²) in [5, 5.41) is 2.61. The van der Waals surface area contributed by atoms with Crippen LogP contribution in [0, 0.1) is 5.82 Å². The lowest BCUT2D eigenvalue weighted by Gasteiger charge is -2.13. The highest BCUT2D eigenvalue weighted by molar-refractivity contribution is 5.95. The van der Waals surface area contributed by atoms with E-state index in [1.54, 1.807) is 6.92 Å². The number of carbonyl (C=O) groups is 1. The van der Waals surface area contributed by atoms with Gasteiger partial charge in [-0.15, -0.1) is 0 Å². The van der Waals surface area contributed by atoms with Gasteiger partial charge in [0.1, 0.15) is 5.82 Å². The highest BCUT2D eigenvalue weighted by Crippen LogP contribution is 2.11. The third kappa shape index (κ3) is 3.20. The lowest BCUT2D eigenvalue weighted by Crippen LogP contribution is -2.36. The summed E-state index contributed by atoms with van der Waals surface area (Å²) in [5.41, 5.74) is 5.78. The van der Waals surface area contributed by atoms with Gasteiger partial charge in [-0.25, -0.2) is 4.39 Å². The first kappa shape index (κ1) is 12.4. The van der Waals surface area contributed by atoms with E-state index in [2.05, 4.69) is 5.32 Å². The van der Waals surface area contributed by atoms with Crippen LogP contribution < -0.4 is 11.1 Å². The van der Waals surface area contributed by atoms with E-state index in [-0.39, 0.29) is 11.6 Å². The van der Waals surface area contributed by atoms with Crippen LogP contribution in [-0.4, -0.2) is 25.7 Å². The summed E-state index contributed by atoms with van der Waals surface area (Å²) in [5.74, 6) is -1.08. The van der Waals surface area contributed by atoms with E-state index in [0.717, 1.165) is 0 Å². The second kappa shape index (κ2) is 5.46. The zero-order valence-electron chi connectivity index (χ0n) is 9.29. The monoisotopic (exact) mass is 226 g/mol. The fourth-order valence-corrected chi connectivity index (χ4v) is 1.31. The Morgan fingerprint density at radius 3 is 2.94 bits per heavy atom. The number of hydrogen-bond donors (Lipinski definition) is 2. The van der Waals surface area contributed by atoms with Crippen molar-refractivity contribution in [3.05, 3.63) is 29.6 Å². The number of carbonyl (C=O) groups excluding carboxylic acids is 1. The molecule has 0 saturated carbocycles. The molecule has 16 heavy (non-hydrogen) atoms. The maximum Gasteiger partial charge on any atom is 0.254 e. The van der Waals surface area contributed by atoms with Crippen LogP contribution in [0.5, 0.6) is 0 Å². The number of benzene rings is 1. The Labute approximate surface area is 93.6 Å². The summed E-state index contributed by atoms with van der Waals surface area (Å²) in [6.45, 7) is 2.14. The first-order chi connectivity index (χ1) is 7.54. The molecule has 1 rings (SSSR count). The Morgan fingerprint density at radius 1 is 1.62 bits per heavy atom. The molecular formula is C11H15FN2O2. The first-order valence-corrected chi connectivity index (χ1v) is 4.89. The molecule has 5 heteroatoms. The molecule has 1 amide bonds. The Hall–Kier alpha value is -1.62. The van der Waals surface area contributed by atoms with Gasteiger partial charge in [-0.1, -0.05) is 0 Å². The van der Waals surface area contributed by atoms with E-state index in [0.29, 0.717) is 12.3 Å². The number of halogens is 1. The summed E-state index contributed by atoms with van der Waals surface area (Å²) >= 11 is 0. The van der Waals surface area contributed by atoms with Crippen LogP contribution in [0.4, 0.5) is 10.1 Å². The number of nitrogens with two attached hydrogens (primary N) is 1. The molecule has 1 aromatic rings. The fraction of sp³-hybridized carbons (Fsp3) is 0.364. The molecule has 0 fully saturated rings. The Kier molecular flexibility index (Phi) is 4.25. The van der Waals surface area contributed by atoms with Crippen molar-refractivity contribution < 1.29 is 13.9 Å². The van der Waals surface area contributed by atoms with Gasteiger partial charge >= 0.3 is 0 Å². The Morgan fingerprint density at radius 2 is 2.31 bits per heavy atom. The van der Waals surface area contributed by atoms with Crippen LogP contribution in [0.3, 0.4) is 0 Å². The maximum atomic E-state index is 13.3. The van der Waals surface area contributed by atoms with Crippen LogP contribution in [0.1, 0.15) is 17.3 Å². The number of nitrogens with one attached hydrogen (secondary N) is 1. The molecule has 0 heterocycles. The first-order valence-electron chi connectivity index (χ1n) is 4.89. The molecule has 0 aliphatic carbocycles. The van der Waals surface area contributed by atoms with Crippen LogP contribution in [0.15, 0.2) is 18.2 Å². The van der Waals surface area contributed by atoms with Gasteiger partial charge < -0.3 is 15.8 Å². The van der Waals surface area contributed by atoms with Crippen molar-refractivity contribution in [1.29, 1.82) is 0 Å². The third-order valence-electron chi connectivity index (χ3n) is 2.03. The van der Waals surface area contributed by atoms with Gasteiger partial charge in [-0.3, -0.25) is 4.79 Å². The largest absolute Gasteiger partial charge is 0.399 e. The highest BCUT2D eigenvalue weighted by Gasteiger charge is 2.14. The second-order valence-corrected chi connectivity index (χ2v) is 3.57.